The quantitative estimate of drug-likeness (QED) is 0.903. The van der Waals surface area contributed by atoms with Crippen molar-refractivity contribution in [2.45, 2.75) is 37.8 Å². The highest BCUT2D eigenvalue weighted by Crippen LogP contribution is 2.46. The molecule has 1 unspecified atom stereocenters. The van der Waals surface area contributed by atoms with Gasteiger partial charge in [-0.1, -0.05) is 25.1 Å². The second-order valence-corrected chi connectivity index (χ2v) is 5.56. The lowest BCUT2D eigenvalue weighted by Gasteiger charge is -2.47. The van der Waals surface area contributed by atoms with E-state index >= 15 is 0 Å². The number of likely N-dealkylation sites (N-methyl/N-ethyl adjacent to an activating group) is 1. The molecule has 0 aliphatic heterocycles. The van der Waals surface area contributed by atoms with E-state index in [-0.39, 0.29) is 11.6 Å². The smallest absolute Gasteiger partial charge is 0.0872 e. The number of benzene rings is 1. The Morgan fingerprint density at radius 3 is 2.85 bits per heavy atom. The number of rotatable bonds is 5. The molecule has 1 N–H and O–H groups in total. The summed E-state index contributed by atoms with van der Waals surface area (Å²) in [5, 5.41) is 6.11. The molecule has 3 nitrogen and oxygen atoms in total. The molecule has 20 heavy (non-hydrogen) atoms. The summed E-state index contributed by atoms with van der Waals surface area (Å²) in [6.45, 7) is 3.10. The molecule has 0 spiro atoms. The van der Waals surface area contributed by atoms with E-state index in [1.165, 1.54) is 22.8 Å². The van der Waals surface area contributed by atoms with Gasteiger partial charge in [-0.25, -0.2) is 0 Å². The van der Waals surface area contributed by atoms with Crippen molar-refractivity contribution < 1.29 is 4.74 Å². The summed E-state index contributed by atoms with van der Waals surface area (Å²) < 4.78 is 5.91. The van der Waals surface area contributed by atoms with E-state index in [9.17, 15) is 0 Å². The van der Waals surface area contributed by atoms with Gasteiger partial charge in [0, 0.05) is 24.9 Å². The molecule has 0 radical (unpaired) electrons. The molecule has 1 heterocycles. The van der Waals surface area contributed by atoms with Crippen molar-refractivity contribution in [1.29, 1.82) is 0 Å². The van der Waals surface area contributed by atoms with Crippen LogP contribution < -0.4 is 5.32 Å². The van der Waals surface area contributed by atoms with Gasteiger partial charge in [-0.2, -0.15) is 0 Å². The molecular formula is C17H22N2O. The topological polar surface area (TPSA) is 34.2 Å². The van der Waals surface area contributed by atoms with Crippen LogP contribution in [-0.4, -0.2) is 24.2 Å². The Hall–Kier alpha value is -1.45. The zero-order valence-electron chi connectivity index (χ0n) is 12.2. The van der Waals surface area contributed by atoms with Gasteiger partial charge in [0.05, 0.1) is 11.6 Å². The highest BCUT2D eigenvalue weighted by atomic mass is 16.5. The first kappa shape index (κ1) is 13.5. The van der Waals surface area contributed by atoms with Crippen molar-refractivity contribution in [3.63, 3.8) is 0 Å². The summed E-state index contributed by atoms with van der Waals surface area (Å²) in [5.41, 5.74) is 1.28. The van der Waals surface area contributed by atoms with Gasteiger partial charge in [0.15, 0.2) is 0 Å². The summed E-state index contributed by atoms with van der Waals surface area (Å²) in [4.78, 5) is 4.22. The van der Waals surface area contributed by atoms with Crippen LogP contribution in [0.3, 0.4) is 0 Å². The normalized spacial score (nSPS) is 18.7. The van der Waals surface area contributed by atoms with E-state index in [1.54, 1.807) is 0 Å². The molecule has 1 atom stereocenters. The number of methoxy groups -OCH3 is 1. The van der Waals surface area contributed by atoms with Crippen molar-refractivity contribution in [3.05, 3.63) is 42.2 Å². The van der Waals surface area contributed by atoms with E-state index in [0.29, 0.717) is 0 Å². The SMILES string of the molecule is CCNC(c1cccc2cnccc12)C1(OC)CCC1. The highest BCUT2D eigenvalue weighted by Gasteiger charge is 2.45. The van der Waals surface area contributed by atoms with Crippen LogP contribution in [-0.2, 0) is 4.74 Å². The molecule has 1 aromatic carbocycles. The minimum absolute atomic E-state index is 0.0481. The Kier molecular flexibility index (Phi) is 3.72. The second kappa shape index (κ2) is 5.51. The molecular weight excluding hydrogens is 248 g/mol. The van der Waals surface area contributed by atoms with E-state index < -0.39 is 0 Å². The number of nitrogens with zero attached hydrogens (tertiary/aromatic N) is 1. The van der Waals surface area contributed by atoms with Crippen LogP contribution in [0.5, 0.6) is 0 Å². The lowest BCUT2D eigenvalue weighted by Crippen LogP contribution is -2.50. The first-order valence-electron chi connectivity index (χ1n) is 7.42. The fraction of sp³-hybridized carbons (Fsp3) is 0.471. The van der Waals surface area contributed by atoms with E-state index in [2.05, 4.69) is 41.5 Å². The number of fused-ring (bicyclic) bond motifs is 1. The molecule has 0 amide bonds. The fourth-order valence-electron chi connectivity index (χ4n) is 3.32. The zero-order chi connectivity index (χ0) is 14.0. The van der Waals surface area contributed by atoms with E-state index in [1.807, 2.05) is 19.5 Å². The molecule has 106 valence electrons. The van der Waals surface area contributed by atoms with Crippen LogP contribution in [0.4, 0.5) is 0 Å². The minimum Gasteiger partial charge on any atom is -0.376 e. The molecule has 0 saturated heterocycles. The van der Waals surface area contributed by atoms with Gasteiger partial charge in [-0.3, -0.25) is 4.98 Å². The third-order valence-corrected chi connectivity index (χ3v) is 4.57. The number of aromatic nitrogens is 1. The second-order valence-electron chi connectivity index (χ2n) is 5.56. The Bertz CT molecular complexity index is 582. The van der Waals surface area contributed by atoms with Crippen molar-refractivity contribution in [2.24, 2.45) is 0 Å². The Morgan fingerprint density at radius 1 is 1.35 bits per heavy atom. The molecule has 1 saturated carbocycles. The predicted octanol–water partition coefficient (Wildman–Crippen LogP) is 3.45. The maximum absolute atomic E-state index is 5.91. The third-order valence-electron chi connectivity index (χ3n) is 4.57. The van der Waals surface area contributed by atoms with Gasteiger partial charge < -0.3 is 10.1 Å². The number of ether oxygens (including phenoxy) is 1. The fourth-order valence-corrected chi connectivity index (χ4v) is 3.32. The van der Waals surface area contributed by atoms with Gasteiger partial charge in [0.2, 0.25) is 0 Å². The summed E-state index contributed by atoms with van der Waals surface area (Å²) in [6.07, 6.45) is 7.31. The summed E-state index contributed by atoms with van der Waals surface area (Å²) in [7, 11) is 1.84. The van der Waals surface area contributed by atoms with Crippen molar-refractivity contribution in [2.75, 3.05) is 13.7 Å². The maximum atomic E-state index is 5.91. The van der Waals surface area contributed by atoms with E-state index in [4.69, 9.17) is 4.74 Å². The zero-order valence-corrected chi connectivity index (χ0v) is 12.2. The lowest BCUT2D eigenvalue weighted by atomic mass is 9.71. The van der Waals surface area contributed by atoms with E-state index in [0.717, 1.165) is 19.4 Å². The molecule has 1 aromatic heterocycles. The first-order valence-corrected chi connectivity index (χ1v) is 7.42. The number of hydrogen-bond donors (Lipinski definition) is 1. The lowest BCUT2D eigenvalue weighted by molar-refractivity contribution is -0.0991. The molecule has 0 bridgehead atoms. The van der Waals surface area contributed by atoms with Gasteiger partial charge >= 0.3 is 0 Å². The van der Waals surface area contributed by atoms with Gasteiger partial charge in [-0.15, -0.1) is 0 Å². The van der Waals surface area contributed by atoms with Crippen LogP contribution in [0.15, 0.2) is 36.7 Å². The van der Waals surface area contributed by atoms with Crippen molar-refractivity contribution >= 4 is 10.8 Å². The average molecular weight is 270 g/mol. The van der Waals surface area contributed by atoms with Gasteiger partial charge in [-0.05, 0) is 42.8 Å². The Morgan fingerprint density at radius 2 is 2.20 bits per heavy atom. The maximum Gasteiger partial charge on any atom is 0.0872 e. The molecule has 1 aliphatic carbocycles. The average Bonchev–Trinajstić information content (AvgIpc) is 2.45. The van der Waals surface area contributed by atoms with Crippen LogP contribution in [0.2, 0.25) is 0 Å². The predicted molar refractivity (Wildman–Crippen MR) is 81.8 cm³/mol. The number of nitrogens with one attached hydrogen (secondary N) is 1. The minimum atomic E-state index is -0.0481. The van der Waals surface area contributed by atoms with Crippen LogP contribution >= 0.6 is 0 Å². The largest absolute Gasteiger partial charge is 0.376 e. The molecule has 1 fully saturated rings. The standard InChI is InChI=1S/C17H22N2O/c1-3-19-16(17(20-2)9-5-10-17)15-7-4-6-13-12-18-11-8-14(13)15/h4,6-8,11-12,16,19H,3,5,9-10H2,1-2H3. The molecule has 3 heteroatoms. The van der Waals surface area contributed by atoms with Crippen molar-refractivity contribution in [3.8, 4) is 0 Å². The Balaban J connectivity index is 2.10. The van der Waals surface area contributed by atoms with Gasteiger partial charge in [0.1, 0.15) is 0 Å². The summed E-state index contributed by atoms with van der Waals surface area (Å²) >= 11 is 0. The highest BCUT2D eigenvalue weighted by molar-refractivity contribution is 5.85. The number of hydrogen-bond acceptors (Lipinski definition) is 3. The van der Waals surface area contributed by atoms with Gasteiger partial charge in [0.25, 0.3) is 0 Å². The monoisotopic (exact) mass is 270 g/mol. The Labute approximate surface area is 120 Å². The summed E-state index contributed by atoms with van der Waals surface area (Å²) in [6, 6.07) is 8.81. The third kappa shape index (κ3) is 2.11. The molecule has 2 aromatic rings. The van der Waals surface area contributed by atoms with Crippen LogP contribution in [0.25, 0.3) is 10.8 Å². The number of pyridine rings is 1. The first-order chi connectivity index (χ1) is 9.80. The van der Waals surface area contributed by atoms with Crippen molar-refractivity contribution in [1.82, 2.24) is 10.3 Å². The molecule has 1 aliphatic rings. The molecule has 3 rings (SSSR count). The summed E-state index contributed by atoms with van der Waals surface area (Å²) in [5.74, 6) is 0. The van der Waals surface area contributed by atoms with Crippen LogP contribution in [0.1, 0.15) is 37.8 Å². The van der Waals surface area contributed by atoms with Crippen LogP contribution in [0, 0.1) is 0 Å².